The lowest BCUT2D eigenvalue weighted by molar-refractivity contribution is 0.0920. The van der Waals surface area contributed by atoms with Crippen LogP contribution in [0.4, 0.5) is 0 Å². The number of hydrogen-bond donors (Lipinski definition) is 2. The van der Waals surface area contributed by atoms with Crippen molar-refractivity contribution in [1.82, 2.24) is 20.2 Å². The maximum atomic E-state index is 12.0. The molecule has 2 N–H and O–H groups in total. The molecule has 5 nitrogen and oxygen atoms in total. The Balaban J connectivity index is 1.91. The summed E-state index contributed by atoms with van der Waals surface area (Å²) in [6, 6.07) is 0.337. The molecule has 100 valence electrons. The zero-order chi connectivity index (χ0) is 13.2. The molecule has 0 aliphatic carbocycles. The molecular weight excluding hydrogens is 228 g/mol. The number of nitrogens with zero attached hydrogens (tertiary/aromatic N) is 2. The van der Waals surface area contributed by atoms with Crippen molar-refractivity contribution in [2.45, 2.75) is 32.7 Å². The number of piperidine rings is 1. The van der Waals surface area contributed by atoms with Crippen molar-refractivity contribution in [3.05, 3.63) is 18.2 Å². The van der Waals surface area contributed by atoms with Crippen LogP contribution in [0, 0.1) is 5.41 Å². The summed E-state index contributed by atoms with van der Waals surface area (Å²) in [5, 5.41) is 6.48. The zero-order valence-electron chi connectivity index (χ0n) is 11.4. The Bertz CT molecular complexity index is 424. The predicted octanol–water partition coefficient (Wildman–Crippen LogP) is 0.928. The second-order valence-corrected chi connectivity index (χ2v) is 5.70. The fourth-order valence-corrected chi connectivity index (χ4v) is 2.48. The number of carbonyl (C=O) groups excluding carboxylic acids is 1. The van der Waals surface area contributed by atoms with Gasteiger partial charge in [-0.05, 0) is 24.8 Å². The third-order valence-corrected chi connectivity index (χ3v) is 3.85. The fraction of sp³-hybridized carbons (Fsp3) is 0.692. The lowest BCUT2D eigenvalue weighted by Crippen LogP contribution is -2.52. The van der Waals surface area contributed by atoms with E-state index in [2.05, 4.69) is 29.5 Å². The minimum atomic E-state index is -0.0572. The first kappa shape index (κ1) is 13.1. The monoisotopic (exact) mass is 250 g/mol. The average Bonchev–Trinajstić information content (AvgIpc) is 2.73. The topological polar surface area (TPSA) is 59.0 Å². The molecule has 2 heterocycles. The van der Waals surface area contributed by atoms with Crippen molar-refractivity contribution in [3.8, 4) is 0 Å². The molecule has 1 fully saturated rings. The molecule has 0 bridgehead atoms. The van der Waals surface area contributed by atoms with Gasteiger partial charge in [0.15, 0.2) is 0 Å². The molecule has 1 atom stereocenters. The first-order valence-corrected chi connectivity index (χ1v) is 6.48. The molecule has 1 aliphatic heterocycles. The molecule has 1 saturated heterocycles. The number of aryl methyl sites for hydroxylation is 1. The molecule has 0 spiro atoms. The third-order valence-electron chi connectivity index (χ3n) is 3.85. The predicted molar refractivity (Wildman–Crippen MR) is 70.3 cm³/mol. The SMILES string of the molecule is Cn1cncc1C(=O)NCC1NCCCC1(C)C. The second-order valence-electron chi connectivity index (χ2n) is 5.70. The van der Waals surface area contributed by atoms with Crippen LogP contribution in [0.15, 0.2) is 12.5 Å². The first-order valence-electron chi connectivity index (χ1n) is 6.48. The molecule has 0 saturated carbocycles. The number of hydrogen-bond acceptors (Lipinski definition) is 3. The summed E-state index contributed by atoms with van der Waals surface area (Å²) in [4.78, 5) is 15.9. The Morgan fingerprint density at radius 1 is 1.67 bits per heavy atom. The van der Waals surface area contributed by atoms with Crippen LogP contribution in [0.5, 0.6) is 0 Å². The Morgan fingerprint density at radius 3 is 3.06 bits per heavy atom. The number of aromatic nitrogens is 2. The molecular formula is C13H22N4O. The van der Waals surface area contributed by atoms with Gasteiger partial charge in [-0.25, -0.2) is 4.98 Å². The van der Waals surface area contributed by atoms with Crippen molar-refractivity contribution >= 4 is 5.91 Å². The molecule has 5 heteroatoms. The van der Waals surface area contributed by atoms with E-state index in [9.17, 15) is 4.79 Å². The van der Waals surface area contributed by atoms with Crippen molar-refractivity contribution < 1.29 is 4.79 Å². The van der Waals surface area contributed by atoms with E-state index in [0.29, 0.717) is 18.3 Å². The average molecular weight is 250 g/mol. The number of amides is 1. The van der Waals surface area contributed by atoms with E-state index in [0.717, 1.165) is 6.54 Å². The van der Waals surface area contributed by atoms with Gasteiger partial charge in [-0.3, -0.25) is 4.79 Å². The van der Waals surface area contributed by atoms with E-state index in [1.54, 1.807) is 17.1 Å². The Labute approximate surface area is 108 Å². The summed E-state index contributed by atoms with van der Waals surface area (Å²) in [5.74, 6) is -0.0572. The second kappa shape index (κ2) is 5.10. The molecule has 1 amide bonds. The molecule has 2 rings (SSSR count). The van der Waals surface area contributed by atoms with E-state index in [1.165, 1.54) is 12.8 Å². The standard InChI is InChI=1S/C13H22N4O/c1-13(2)5-4-6-15-11(13)8-16-12(18)10-7-14-9-17(10)3/h7,9,11,15H,4-6,8H2,1-3H3,(H,16,18). The number of imidazole rings is 1. The quantitative estimate of drug-likeness (QED) is 0.839. The van der Waals surface area contributed by atoms with E-state index >= 15 is 0 Å². The Morgan fingerprint density at radius 2 is 2.44 bits per heavy atom. The maximum absolute atomic E-state index is 12.0. The van der Waals surface area contributed by atoms with Gasteiger partial charge in [0.25, 0.3) is 5.91 Å². The summed E-state index contributed by atoms with van der Waals surface area (Å²) in [6.45, 7) is 6.20. The van der Waals surface area contributed by atoms with Crippen LogP contribution in [-0.4, -0.2) is 34.6 Å². The minimum absolute atomic E-state index is 0.0572. The van der Waals surface area contributed by atoms with Gasteiger partial charge in [-0.2, -0.15) is 0 Å². The molecule has 0 radical (unpaired) electrons. The van der Waals surface area contributed by atoms with Gasteiger partial charge < -0.3 is 15.2 Å². The lowest BCUT2D eigenvalue weighted by Gasteiger charge is -2.39. The number of nitrogens with one attached hydrogen (secondary N) is 2. The van der Waals surface area contributed by atoms with Gasteiger partial charge in [0.1, 0.15) is 5.69 Å². The van der Waals surface area contributed by atoms with Gasteiger partial charge in [0.05, 0.1) is 12.5 Å². The van der Waals surface area contributed by atoms with Gasteiger partial charge in [-0.15, -0.1) is 0 Å². The molecule has 18 heavy (non-hydrogen) atoms. The van der Waals surface area contributed by atoms with Crippen LogP contribution in [0.3, 0.4) is 0 Å². The molecule has 1 aromatic heterocycles. The van der Waals surface area contributed by atoms with Crippen LogP contribution < -0.4 is 10.6 Å². The van der Waals surface area contributed by atoms with Crippen LogP contribution in [0.25, 0.3) is 0 Å². The van der Waals surface area contributed by atoms with Crippen molar-refractivity contribution in [2.24, 2.45) is 12.5 Å². The maximum Gasteiger partial charge on any atom is 0.269 e. The summed E-state index contributed by atoms with van der Waals surface area (Å²) in [5.41, 5.74) is 0.835. The zero-order valence-corrected chi connectivity index (χ0v) is 11.4. The number of carbonyl (C=O) groups is 1. The van der Waals surface area contributed by atoms with E-state index in [1.807, 2.05) is 7.05 Å². The van der Waals surface area contributed by atoms with Crippen LogP contribution >= 0.6 is 0 Å². The van der Waals surface area contributed by atoms with Crippen molar-refractivity contribution in [3.63, 3.8) is 0 Å². The van der Waals surface area contributed by atoms with Gasteiger partial charge >= 0.3 is 0 Å². The van der Waals surface area contributed by atoms with Crippen LogP contribution in [0.1, 0.15) is 37.2 Å². The van der Waals surface area contributed by atoms with Gasteiger partial charge in [-0.1, -0.05) is 13.8 Å². The Kier molecular flexibility index (Phi) is 3.71. The molecule has 1 aromatic rings. The number of rotatable bonds is 3. The highest BCUT2D eigenvalue weighted by Crippen LogP contribution is 2.29. The summed E-state index contributed by atoms with van der Waals surface area (Å²) in [6.07, 6.45) is 5.64. The van der Waals surface area contributed by atoms with Crippen LogP contribution in [-0.2, 0) is 7.05 Å². The van der Waals surface area contributed by atoms with Crippen LogP contribution in [0.2, 0.25) is 0 Å². The highest BCUT2D eigenvalue weighted by Gasteiger charge is 2.32. The van der Waals surface area contributed by atoms with E-state index in [4.69, 9.17) is 0 Å². The summed E-state index contributed by atoms with van der Waals surface area (Å²) in [7, 11) is 1.82. The van der Waals surface area contributed by atoms with Crippen molar-refractivity contribution in [2.75, 3.05) is 13.1 Å². The summed E-state index contributed by atoms with van der Waals surface area (Å²) < 4.78 is 1.73. The third kappa shape index (κ3) is 2.72. The highest BCUT2D eigenvalue weighted by molar-refractivity contribution is 5.92. The van der Waals surface area contributed by atoms with Gasteiger partial charge in [0, 0.05) is 19.6 Å². The lowest BCUT2D eigenvalue weighted by atomic mass is 9.77. The minimum Gasteiger partial charge on any atom is -0.349 e. The molecule has 0 aromatic carbocycles. The molecule has 1 unspecified atom stereocenters. The van der Waals surface area contributed by atoms with E-state index < -0.39 is 0 Å². The fourth-order valence-electron chi connectivity index (χ4n) is 2.48. The normalized spacial score (nSPS) is 22.7. The largest absolute Gasteiger partial charge is 0.349 e. The molecule has 1 aliphatic rings. The first-order chi connectivity index (χ1) is 8.50. The smallest absolute Gasteiger partial charge is 0.269 e. The van der Waals surface area contributed by atoms with E-state index in [-0.39, 0.29) is 11.3 Å². The Hall–Kier alpha value is -1.36. The highest BCUT2D eigenvalue weighted by atomic mass is 16.1. The van der Waals surface area contributed by atoms with Crippen molar-refractivity contribution in [1.29, 1.82) is 0 Å². The summed E-state index contributed by atoms with van der Waals surface area (Å²) >= 11 is 0. The van der Waals surface area contributed by atoms with Gasteiger partial charge in [0.2, 0.25) is 0 Å².